The standard InChI is InChI=1S/C30H37N7O4/c1-35-13-8-14-36(16-15-35)30-33-27(31-17-22(20-9-4-2-5-10-20)21-11-6-3-7-12-21)24-28(34-30)37(19-32-24)29-26(40)25(39)23(18-38)41-29/h2-7,9-12,19,22-23,25-26,29,38-40H,8,13-18H2,1H3,(H,31,33,34)/t23-,25-,26-,29-/m1/s1. The Balaban J connectivity index is 1.38. The number of aliphatic hydroxyl groups excluding tert-OH is 3. The highest BCUT2D eigenvalue weighted by Crippen LogP contribution is 2.34. The Bertz CT molecular complexity index is 1400. The van der Waals surface area contributed by atoms with Crippen LogP contribution in [0, 0.1) is 0 Å². The van der Waals surface area contributed by atoms with Gasteiger partial charge in [0, 0.05) is 32.1 Å². The molecular weight excluding hydrogens is 522 g/mol. The van der Waals surface area contributed by atoms with Gasteiger partial charge in [-0.1, -0.05) is 60.7 Å². The molecule has 11 nitrogen and oxygen atoms in total. The topological polar surface area (TPSA) is 132 Å². The van der Waals surface area contributed by atoms with Gasteiger partial charge in [0.1, 0.15) is 18.3 Å². The van der Waals surface area contributed by atoms with Crippen LogP contribution in [0.4, 0.5) is 11.8 Å². The van der Waals surface area contributed by atoms with Crippen molar-refractivity contribution in [1.82, 2.24) is 24.4 Å². The van der Waals surface area contributed by atoms with Crippen molar-refractivity contribution in [2.24, 2.45) is 0 Å². The summed E-state index contributed by atoms with van der Waals surface area (Å²) in [5.41, 5.74) is 3.40. The zero-order valence-electron chi connectivity index (χ0n) is 23.1. The monoisotopic (exact) mass is 559 g/mol. The number of likely N-dealkylation sites (N-methyl/N-ethyl adjacent to an activating group) is 1. The van der Waals surface area contributed by atoms with Crippen molar-refractivity contribution >= 4 is 22.9 Å². The van der Waals surface area contributed by atoms with Crippen molar-refractivity contribution in [1.29, 1.82) is 0 Å². The van der Waals surface area contributed by atoms with Gasteiger partial charge in [-0.25, -0.2) is 4.98 Å². The molecule has 4 aromatic rings. The van der Waals surface area contributed by atoms with Crippen LogP contribution in [-0.2, 0) is 4.74 Å². The van der Waals surface area contributed by atoms with E-state index in [-0.39, 0.29) is 5.92 Å². The van der Waals surface area contributed by atoms with E-state index in [9.17, 15) is 15.3 Å². The predicted octanol–water partition coefficient (Wildman–Crippen LogP) is 1.82. The number of ether oxygens (including phenoxy) is 1. The maximum Gasteiger partial charge on any atom is 0.229 e. The highest BCUT2D eigenvalue weighted by Gasteiger charge is 2.44. The molecule has 0 spiro atoms. The molecular formula is C30H37N7O4. The second-order valence-corrected chi connectivity index (χ2v) is 10.8. The minimum absolute atomic E-state index is 0.0697. The predicted molar refractivity (Wildman–Crippen MR) is 156 cm³/mol. The number of nitrogens with zero attached hydrogens (tertiary/aromatic N) is 6. The number of rotatable bonds is 8. The van der Waals surface area contributed by atoms with Gasteiger partial charge < -0.3 is 35.2 Å². The Kier molecular flexibility index (Phi) is 8.13. The van der Waals surface area contributed by atoms with E-state index in [1.54, 1.807) is 10.9 Å². The zero-order chi connectivity index (χ0) is 28.3. The van der Waals surface area contributed by atoms with E-state index >= 15 is 0 Å². The van der Waals surface area contributed by atoms with Gasteiger partial charge in [0.05, 0.1) is 12.9 Å². The van der Waals surface area contributed by atoms with Crippen LogP contribution >= 0.6 is 0 Å². The lowest BCUT2D eigenvalue weighted by Crippen LogP contribution is -2.33. The summed E-state index contributed by atoms with van der Waals surface area (Å²) < 4.78 is 7.46. The van der Waals surface area contributed by atoms with Gasteiger partial charge in [0.25, 0.3) is 0 Å². The lowest BCUT2D eigenvalue weighted by molar-refractivity contribution is -0.0511. The average Bonchev–Trinajstić information content (AvgIpc) is 3.46. The molecule has 0 amide bonds. The second kappa shape index (κ2) is 12.1. The van der Waals surface area contributed by atoms with Crippen LogP contribution in [0.5, 0.6) is 0 Å². The van der Waals surface area contributed by atoms with Gasteiger partial charge in [0.15, 0.2) is 23.2 Å². The fourth-order valence-electron chi connectivity index (χ4n) is 5.71. The number of hydrogen-bond donors (Lipinski definition) is 4. The number of hydrogen-bond acceptors (Lipinski definition) is 10. The van der Waals surface area contributed by atoms with Crippen LogP contribution in [0.3, 0.4) is 0 Å². The smallest absolute Gasteiger partial charge is 0.229 e. The van der Waals surface area contributed by atoms with E-state index in [0.29, 0.717) is 29.5 Å². The first kappa shape index (κ1) is 27.6. The molecule has 4 atom stereocenters. The van der Waals surface area contributed by atoms with Gasteiger partial charge >= 0.3 is 0 Å². The molecule has 4 heterocycles. The van der Waals surface area contributed by atoms with Crippen molar-refractivity contribution in [2.75, 3.05) is 56.6 Å². The highest BCUT2D eigenvalue weighted by molar-refractivity contribution is 5.84. The van der Waals surface area contributed by atoms with Crippen LogP contribution in [0.1, 0.15) is 29.7 Å². The highest BCUT2D eigenvalue weighted by atomic mass is 16.6. The summed E-state index contributed by atoms with van der Waals surface area (Å²) in [5.74, 6) is 1.23. The molecule has 2 aromatic heterocycles. The summed E-state index contributed by atoms with van der Waals surface area (Å²) in [6.45, 7) is 3.65. The third-order valence-corrected chi connectivity index (χ3v) is 8.08. The van der Waals surface area contributed by atoms with Crippen LogP contribution in [0.2, 0.25) is 0 Å². The lowest BCUT2D eigenvalue weighted by Gasteiger charge is -2.23. The number of benzene rings is 2. The molecule has 0 saturated carbocycles. The summed E-state index contributed by atoms with van der Waals surface area (Å²) in [7, 11) is 2.12. The van der Waals surface area contributed by atoms with Crippen molar-refractivity contribution < 1.29 is 20.1 Å². The molecule has 2 fully saturated rings. The Morgan fingerprint density at radius 1 is 0.927 bits per heavy atom. The number of anilines is 2. The van der Waals surface area contributed by atoms with Crippen molar-refractivity contribution in [3.8, 4) is 0 Å². The van der Waals surface area contributed by atoms with E-state index < -0.39 is 31.1 Å². The maximum absolute atomic E-state index is 10.8. The molecule has 11 heteroatoms. The Morgan fingerprint density at radius 2 is 1.63 bits per heavy atom. The first-order valence-corrected chi connectivity index (χ1v) is 14.2. The molecule has 2 aliphatic heterocycles. The normalized spacial score (nSPS) is 23.8. The van der Waals surface area contributed by atoms with Crippen molar-refractivity contribution in [2.45, 2.75) is 36.9 Å². The molecule has 41 heavy (non-hydrogen) atoms. The minimum atomic E-state index is -1.24. The molecule has 0 aliphatic carbocycles. The molecule has 2 aromatic carbocycles. The van der Waals surface area contributed by atoms with E-state index in [0.717, 1.165) is 32.6 Å². The first-order valence-electron chi connectivity index (χ1n) is 14.2. The molecule has 0 unspecified atom stereocenters. The van der Waals surface area contributed by atoms with Crippen molar-refractivity contribution in [3.63, 3.8) is 0 Å². The summed E-state index contributed by atoms with van der Waals surface area (Å²) in [6, 6.07) is 20.7. The Labute approximate surface area is 239 Å². The number of aliphatic hydroxyl groups is 3. The number of imidazole rings is 1. The Morgan fingerprint density at radius 3 is 2.29 bits per heavy atom. The number of fused-ring (bicyclic) bond motifs is 1. The number of nitrogens with one attached hydrogen (secondary N) is 1. The van der Waals surface area contributed by atoms with Gasteiger partial charge in [-0.05, 0) is 31.1 Å². The van der Waals surface area contributed by atoms with Gasteiger partial charge in [-0.15, -0.1) is 0 Å². The van der Waals surface area contributed by atoms with Gasteiger partial charge in [-0.3, -0.25) is 4.57 Å². The minimum Gasteiger partial charge on any atom is -0.394 e. The SMILES string of the molecule is CN1CCCN(c2nc(NCC(c3ccccc3)c3ccccc3)c3ncn([C@@H]4O[C@H](CO)[C@@H](O)[C@H]4O)c3n2)CC1. The molecule has 0 bridgehead atoms. The molecule has 6 rings (SSSR count). The number of aromatic nitrogens is 4. The molecule has 4 N–H and O–H groups in total. The molecule has 216 valence electrons. The maximum atomic E-state index is 10.8. The summed E-state index contributed by atoms with van der Waals surface area (Å²) >= 11 is 0. The summed E-state index contributed by atoms with van der Waals surface area (Å²) in [6.07, 6.45) is -1.77. The lowest BCUT2D eigenvalue weighted by atomic mass is 9.91. The average molecular weight is 560 g/mol. The van der Waals surface area contributed by atoms with Crippen LogP contribution in [-0.4, -0.2) is 104 Å². The third-order valence-electron chi connectivity index (χ3n) is 8.08. The summed E-state index contributed by atoms with van der Waals surface area (Å²) in [5, 5.41) is 34.4. The molecule has 2 aliphatic rings. The van der Waals surface area contributed by atoms with Gasteiger partial charge in [-0.2, -0.15) is 9.97 Å². The van der Waals surface area contributed by atoms with Crippen LogP contribution < -0.4 is 10.2 Å². The third kappa shape index (κ3) is 5.64. The second-order valence-electron chi connectivity index (χ2n) is 10.8. The summed E-state index contributed by atoms with van der Waals surface area (Å²) in [4.78, 5) is 19.0. The van der Waals surface area contributed by atoms with E-state index in [2.05, 4.69) is 51.4 Å². The molecule has 2 saturated heterocycles. The van der Waals surface area contributed by atoms with E-state index in [1.165, 1.54) is 11.1 Å². The van der Waals surface area contributed by atoms with E-state index in [1.807, 2.05) is 36.4 Å². The first-order chi connectivity index (χ1) is 20.0. The van der Waals surface area contributed by atoms with Gasteiger partial charge in [0.2, 0.25) is 5.95 Å². The molecule has 0 radical (unpaired) electrons. The van der Waals surface area contributed by atoms with E-state index in [4.69, 9.17) is 14.7 Å². The Hall–Kier alpha value is -3.61. The zero-order valence-corrected chi connectivity index (χ0v) is 23.1. The largest absolute Gasteiger partial charge is 0.394 e. The fourth-order valence-corrected chi connectivity index (χ4v) is 5.71. The quantitative estimate of drug-likeness (QED) is 0.254. The van der Waals surface area contributed by atoms with Crippen LogP contribution in [0.15, 0.2) is 67.0 Å². The fraction of sp³-hybridized carbons (Fsp3) is 0.433. The van der Waals surface area contributed by atoms with Crippen LogP contribution in [0.25, 0.3) is 11.2 Å². The van der Waals surface area contributed by atoms with Crippen molar-refractivity contribution in [3.05, 3.63) is 78.1 Å².